The average molecular weight is 241 g/mol. The van der Waals surface area contributed by atoms with Gasteiger partial charge in [-0.2, -0.15) is 4.37 Å². The summed E-state index contributed by atoms with van der Waals surface area (Å²) in [6, 6.07) is 0. The second-order valence-electron chi connectivity index (χ2n) is 3.86. The first kappa shape index (κ1) is 12.9. The number of β-amino-alcohol motifs (C(OH)–C–C–N with tert-alkyl or cyclic N) is 1. The van der Waals surface area contributed by atoms with E-state index in [1.807, 2.05) is 13.8 Å². The lowest BCUT2D eigenvalue weighted by atomic mass is 10.1. The summed E-state index contributed by atoms with van der Waals surface area (Å²) in [5.74, 6) is 3.01. The third kappa shape index (κ3) is 4.57. The van der Waals surface area contributed by atoms with Crippen molar-refractivity contribution in [3.8, 4) is 18.2 Å². The molecule has 0 aromatic carbocycles. The highest BCUT2D eigenvalue weighted by atomic mass is 32.1. The number of terminal acetylenes is 1. The van der Waals surface area contributed by atoms with Crippen LogP contribution in [0.3, 0.4) is 0 Å². The van der Waals surface area contributed by atoms with Gasteiger partial charge in [0.05, 0.1) is 17.3 Å². The Morgan fingerprint density at radius 1 is 1.75 bits per heavy atom. The number of hydrogen-bond acceptors (Lipinski definition) is 6. The molecule has 0 saturated heterocycles. The number of nitrogens with zero attached hydrogens (tertiary/aromatic N) is 2. The van der Waals surface area contributed by atoms with Gasteiger partial charge in [0.15, 0.2) is 0 Å². The van der Waals surface area contributed by atoms with Crippen LogP contribution >= 0.6 is 11.7 Å². The van der Waals surface area contributed by atoms with Crippen LogP contribution in [0.25, 0.3) is 0 Å². The van der Waals surface area contributed by atoms with Crippen LogP contribution in [0.1, 0.15) is 13.8 Å². The molecular weight excluding hydrogens is 226 g/mol. The van der Waals surface area contributed by atoms with Crippen LogP contribution in [0.4, 0.5) is 0 Å². The average Bonchev–Trinajstić information content (AvgIpc) is 2.76. The number of ether oxygens (including phenoxy) is 1. The van der Waals surface area contributed by atoms with E-state index in [2.05, 4.69) is 20.0 Å². The van der Waals surface area contributed by atoms with Crippen molar-refractivity contribution in [2.24, 2.45) is 0 Å². The lowest BCUT2D eigenvalue weighted by Crippen LogP contribution is -2.43. The van der Waals surface area contributed by atoms with E-state index in [0.29, 0.717) is 12.4 Å². The van der Waals surface area contributed by atoms with Crippen LogP contribution in [-0.2, 0) is 0 Å². The molecule has 0 aliphatic rings. The lowest BCUT2D eigenvalue weighted by molar-refractivity contribution is 0.100. The Labute approximate surface area is 99.2 Å². The summed E-state index contributed by atoms with van der Waals surface area (Å²) in [7, 11) is 0. The number of hydrogen-bond donors (Lipinski definition) is 2. The van der Waals surface area contributed by atoms with Crippen molar-refractivity contribution in [1.82, 2.24) is 14.1 Å². The number of aromatic nitrogens is 2. The Hall–Kier alpha value is -1.16. The molecule has 0 amide bonds. The second-order valence-corrected chi connectivity index (χ2v) is 4.42. The van der Waals surface area contributed by atoms with Crippen LogP contribution in [0, 0.1) is 12.3 Å². The molecule has 0 aliphatic heterocycles. The fraction of sp³-hybridized carbons (Fsp3) is 0.600. The molecule has 0 bridgehead atoms. The lowest BCUT2D eigenvalue weighted by Gasteiger charge is -2.21. The van der Waals surface area contributed by atoms with Crippen molar-refractivity contribution in [3.63, 3.8) is 0 Å². The molecule has 1 unspecified atom stereocenters. The van der Waals surface area contributed by atoms with Gasteiger partial charge >= 0.3 is 0 Å². The number of rotatable bonds is 6. The maximum Gasteiger partial charge on any atom is 0.245 e. The molecular formula is C10H15N3O2S. The molecule has 0 radical (unpaired) electrons. The van der Waals surface area contributed by atoms with Crippen molar-refractivity contribution >= 4 is 11.7 Å². The molecule has 1 atom stereocenters. The van der Waals surface area contributed by atoms with E-state index in [9.17, 15) is 5.11 Å². The van der Waals surface area contributed by atoms with Gasteiger partial charge in [0.1, 0.15) is 18.9 Å². The minimum Gasteiger partial charge on any atom is -0.473 e. The highest BCUT2D eigenvalue weighted by molar-refractivity contribution is 6.99. The predicted molar refractivity (Wildman–Crippen MR) is 62.3 cm³/mol. The van der Waals surface area contributed by atoms with Gasteiger partial charge in [-0.1, -0.05) is 5.92 Å². The molecule has 1 heterocycles. The van der Waals surface area contributed by atoms with Crippen molar-refractivity contribution < 1.29 is 9.84 Å². The van der Waals surface area contributed by atoms with Crippen LogP contribution in [0.5, 0.6) is 5.88 Å². The largest absolute Gasteiger partial charge is 0.473 e. The molecule has 1 rings (SSSR count). The molecule has 2 N–H and O–H groups in total. The zero-order chi connectivity index (χ0) is 12.0. The van der Waals surface area contributed by atoms with E-state index in [-0.39, 0.29) is 6.61 Å². The molecule has 0 saturated carbocycles. The van der Waals surface area contributed by atoms with Crippen molar-refractivity contribution in [1.29, 1.82) is 0 Å². The van der Waals surface area contributed by atoms with Crippen LogP contribution < -0.4 is 10.1 Å². The molecule has 16 heavy (non-hydrogen) atoms. The summed E-state index contributed by atoms with van der Waals surface area (Å²) in [5, 5.41) is 12.6. The highest BCUT2D eigenvalue weighted by Crippen LogP contribution is 2.05. The summed E-state index contributed by atoms with van der Waals surface area (Å²) < 4.78 is 12.8. The molecule has 0 spiro atoms. The Kier molecular flexibility index (Phi) is 4.68. The Morgan fingerprint density at radius 3 is 3.06 bits per heavy atom. The van der Waals surface area contributed by atoms with E-state index in [4.69, 9.17) is 11.2 Å². The monoisotopic (exact) mass is 241 g/mol. The summed E-state index contributed by atoms with van der Waals surface area (Å²) in [5.41, 5.74) is -0.427. The topological polar surface area (TPSA) is 67.3 Å². The fourth-order valence-corrected chi connectivity index (χ4v) is 1.25. The smallest absolute Gasteiger partial charge is 0.245 e. The summed E-state index contributed by atoms with van der Waals surface area (Å²) >= 11 is 1.06. The quantitative estimate of drug-likeness (QED) is 0.700. The molecule has 1 aromatic rings. The van der Waals surface area contributed by atoms with E-state index in [0.717, 1.165) is 11.7 Å². The van der Waals surface area contributed by atoms with Gasteiger partial charge in [0.2, 0.25) is 5.88 Å². The minimum atomic E-state index is -0.630. The molecule has 0 aliphatic carbocycles. The standard InChI is InChI=1S/C10H15N3O2S/c1-4-10(2,3)11-5-8(14)7-15-9-6-12-16-13-9/h1,6,8,11,14H,5,7H2,2-3H3. The molecule has 0 fully saturated rings. The third-order valence-corrected chi connectivity index (χ3v) is 2.37. The van der Waals surface area contributed by atoms with E-state index >= 15 is 0 Å². The van der Waals surface area contributed by atoms with Gasteiger partial charge in [-0.15, -0.1) is 10.8 Å². The van der Waals surface area contributed by atoms with Crippen LogP contribution in [0.2, 0.25) is 0 Å². The van der Waals surface area contributed by atoms with E-state index in [1.165, 1.54) is 6.20 Å². The Morgan fingerprint density at radius 2 is 2.50 bits per heavy atom. The minimum absolute atomic E-state index is 0.166. The first-order valence-corrected chi connectivity index (χ1v) is 5.58. The molecule has 6 heteroatoms. The highest BCUT2D eigenvalue weighted by Gasteiger charge is 2.15. The molecule has 5 nitrogen and oxygen atoms in total. The first-order chi connectivity index (χ1) is 7.53. The van der Waals surface area contributed by atoms with Gasteiger partial charge in [-0.3, -0.25) is 5.32 Å². The summed E-state index contributed by atoms with van der Waals surface area (Å²) in [4.78, 5) is 0. The number of aliphatic hydroxyl groups excluding tert-OH is 1. The maximum atomic E-state index is 9.61. The summed E-state index contributed by atoms with van der Waals surface area (Å²) in [6.45, 7) is 4.27. The predicted octanol–water partition coefficient (Wildman–Crippen LogP) is 0.279. The van der Waals surface area contributed by atoms with Gasteiger partial charge in [0.25, 0.3) is 0 Å². The Bertz CT molecular complexity index is 345. The number of nitrogens with one attached hydrogen (secondary N) is 1. The van der Waals surface area contributed by atoms with Gasteiger partial charge in [0, 0.05) is 6.54 Å². The molecule has 1 aromatic heterocycles. The van der Waals surface area contributed by atoms with Gasteiger partial charge < -0.3 is 9.84 Å². The van der Waals surface area contributed by atoms with Crippen molar-refractivity contribution in [3.05, 3.63) is 6.20 Å². The first-order valence-electron chi connectivity index (χ1n) is 4.85. The van der Waals surface area contributed by atoms with E-state index in [1.54, 1.807) is 0 Å². The maximum absolute atomic E-state index is 9.61. The van der Waals surface area contributed by atoms with Gasteiger partial charge in [-0.25, -0.2) is 0 Å². The fourth-order valence-electron chi connectivity index (χ4n) is 0.884. The van der Waals surface area contributed by atoms with Crippen LogP contribution in [-0.4, -0.2) is 38.6 Å². The second kappa shape index (κ2) is 5.80. The zero-order valence-electron chi connectivity index (χ0n) is 9.30. The summed E-state index contributed by atoms with van der Waals surface area (Å²) in [6.07, 6.45) is 6.18. The van der Waals surface area contributed by atoms with E-state index < -0.39 is 11.6 Å². The van der Waals surface area contributed by atoms with Gasteiger partial charge in [-0.05, 0) is 13.8 Å². The zero-order valence-corrected chi connectivity index (χ0v) is 10.1. The normalized spacial score (nSPS) is 13.1. The van der Waals surface area contributed by atoms with Crippen LogP contribution in [0.15, 0.2) is 6.20 Å². The number of aliphatic hydroxyl groups is 1. The SMILES string of the molecule is C#CC(C)(C)NCC(O)COc1cnsn1. The third-order valence-electron chi connectivity index (χ3n) is 1.91. The van der Waals surface area contributed by atoms with Crippen molar-refractivity contribution in [2.45, 2.75) is 25.5 Å². The van der Waals surface area contributed by atoms with Crippen molar-refractivity contribution in [2.75, 3.05) is 13.2 Å². The molecule has 88 valence electrons. The Balaban J connectivity index is 2.22.